The maximum atomic E-state index is 12.9. The number of nitrogens with zero attached hydrogens (tertiary/aromatic N) is 2. The number of nitrogens with one attached hydrogen (secondary N) is 1. The van der Waals surface area contributed by atoms with Gasteiger partial charge in [-0.1, -0.05) is 0 Å². The van der Waals surface area contributed by atoms with Crippen LogP contribution in [-0.4, -0.2) is 56.2 Å². The van der Waals surface area contributed by atoms with Crippen LogP contribution in [0, 0.1) is 0 Å². The van der Waals surface area contributed by atoms with Gasteiger partial charge >= 0.3 is 0 Å². The highest BCUT2D eigenvalue weighted by atomic mass is 79.9. The van der Waals surface area contributed by atoms with E-state index >= 15 is 0 Å². The average molecular weight is 472 g/mol. The van der Waals surface area contributed by atoms with Crippen LogP contribution in [0.4, 0.5) is 5.69 Å². The van der Waals surface area contributed by atoms with Crippen LogP contribution >= 0.6 is 27.7 Å². The topological polar surface area (TPSA) is 88.6 Å². The molecule has 1 fully saturated rings. The number of hydrogen-bond donors (Lipinski definition) is 1. The molecule has 2 heterocycles. The van der Waals surface area contributed by atoms with E-state index in [0.29, 0.717) is 36.5 Å². The molecule has 3 rings (SSSR count). The maximum absolute atomic E-state index is 12.9. The van der Waals surface area contributed by atoms with Crippen LogP contribution in [0.2, 0.25) is 0 Å². The smallest absolute Gasteiger partial charge is 0.255 e. The molecule has 0 atom stereocenters. The summed E-state index contributed by atoms with van der Waals surface area (Å²) in [5.74, 6) is -0.403. The van der Waals surface area contributed by atoms with Crippen LogP contribution in [0.1, 0.15) is 10.4 Å². The van der Waals surface area contributed by atoms with E-state index in [1.165, 1.54) is 22.1 Å². The quantitative estimate of drug-likeness (QED) is 0.674. The number of halogens is 1. The summed E-state index contributed by atoms with van der Waals surface area (Å²) in [6, 6.07) is 8.07. The predicted molar refractivity (Wildman–Crippen MR) is 108 cm³/mol. The van der Waals surface area contributed by atoms with E-state index in [0.717, 1.165) is 5.03 Å². The number of benzene rings is 1. The number of carbonyl (C=O) groups is 1. The summed E-state index contributed by atoms with van der Waals surface area (Å²) in [6.45, 7) is 1.30. The Morgan fingerprint density at radius 1 is 1.26 bits per heavy atom. The molecule has 0 saturated carbocycles. The fraction of sp³-hybridized carbons (Fsp3) is 0.294. The molecule has 0 radical (unpaired) electrons. The fourth-order valence-corrected chi connectivity index (χ4v) is 5.27. The molecule has 0 aliphatic carbocycles. The molecule has 1 aromatic carbocycles. The van der Waals surface area contributed by atoms with E-state index in [1.807, 2.05) is 6.26 Å². The van der Waals surface area contributed by atoms with Crippen LogP contribution in [0.3, 0.4) is 0 Å². The monoisotopic (exact) mass is 471 g/mol. The molecule has 0 spiro atoms. The molecule has 1 amide bonds. The Hall–Kier alpha value is -1.46. The summed E-state index contributed by atoms with van der Waals surface area (Å²) < 4.78 is 32.8. The second-order valence-electron chi connectivity index (χ2n) is 5.71. The Bertz CT molecular complexity index is 930. The number of carbonyl (C=O) groups excluding carboxylic acids is 1. The van der Waals surface area contributed by atoms with Crippen molar-refractivity contribution in [2.75, 3.05) is 37.9 Å². The van der Waals surface area contributed by atoms with E-state index in [4.69, 9.17) is 4.74 Å². The van der Waals surface area contributed by atoms with Gasteiger partial charge in [-0.2, -0.15) is 4.31 Å². The Morgan fingerprint density at radius 2 is 2.00 bits per heavy atom. The number of aromatic nitrogens is 1. The second kappa shape index (κ2) is 8.70. The Morgan fingerprint density at radius 3 is 2.63 bits per heavy atom. The second-order valence-corrected chi connectivity index (χ2v) is 9.29. The zero-order chi connectivity index (χ0) is 19.4. The van der Waals surface area contributed by atoms with Gasteiger partial charge in [0.05, 0.1) is 35.0 Å². The summed E-state index contributed by atoms with van der Waals surface area (Å²) in [5.41, 5.74) is 0.789. The average Bonchev–Trinajstić information content (AvgIpc) is 2.69. The molecule has 27 heavy (non-hydrogen) atoms. The Kier molecular flexibility index (Phi) is 6.53. The minimum absolute atomic E-state index is 0.0629. The third kappa shape index (κ3) is 4.69. The number of morpholine rings is 1. The summed E-state index contributed by atoms with van der Waals surface area (Å²) in [4.78, 5) is 16.8. The highest BCUT2D eigenvalue weighted by Crippen LogP contribution is 2.27. The van der Waals surface area contributed by atoms with Crippen LogP contribution < -0.4 is 5.32 Å². The third-order valence-corrected chi connectivity index (χ3v) is 7.54. The standard InChI is InChI=1S/C17H18BrN3O4S2/c1-26-16-5-3-13(11-19-16)20-17(22)12-2-4-14(18)15(10-12)27(23,24)21-6-8-25-9-7-21/h2-5,10-11H,6-9H2,1H3,(H,20,22). The fourth-order valence-electron chi connectivity index (χ4n) is 2.55. The van der Waals surface area contributed by atoms with Crippen molar-refractivity contribution in [3.05, 3.63) is 46.6 Å². The Labute approximate surface area is 170 Å². The highest BCUT2D eigenvalue weighted by Gasteiger charge is 2.29. The number of amides is 1. The van der Waals surface area contributed by atoms with Crippen molar-refractivity contribution in [3.8, 4) is 0 Å². The normalized spacial score (nSPS) is 15.5. The summed E-state index contributed by atoms with van der Waals surface area (Å²) in [5, 5.41) is 3.58. The molecule has 1 saturated heterocycles. The molecule has 7 nitrogen and oxygen atoms in total. The Balaban J connectivity index is 1.84. The van der Waals surface area contributed by atoms with Gasteiger partial charge in [-0.15, -0.1) is 11.8 Å². The van der Waals surface area contributed by atoms with Gasteiger partial charge in [0.25, 0.3) is 5.91 Å². The number of ether oxygens (including phenoxy) is 1. The molecular weight excluding hydrogens is 454 g/mol. The zero-order valence-corrected chi connectivity index (χ0v) is 17.7. The van der Waals surface area contributed by atoms with Crippen molar-refractivity contribution < 1.29 is 17.9 Å². The number of pyridine rings is 1. The van der Waals surface area contributed by atoms with Crippen molar-refractivity contribution in [2.24, 2.45) is 0 Å². The largest absolute Gasteiger partial charge is 0.379 e. The maximum Gasteiger partial charge on any atom is 0.255 e. The van der Waals surface area contributed by atoms with Gasteiger partial charge in [-0.05, 0) is 52.5 Å². The summed E-state index contributed by atoms with van der Waals surface area (Å²) in [6.07, 6.45) is 3.48. The first-order valence-electron chi connectivity index (χ1n) is 8.10. The van der Waals surface area contributed by atoms with Gasteiger partial charge in [0, 0.05) is 23.1 Å². The van der Waals surface area contributed by atoms with Crippen molar-refractivity contribution >= 4 is 49.3 Å². The first-order valence-corrected chi connectivity index (χ1v) is 11.6. The number of rotatable bonds is 5. The summed E-state index contributed by atoms with van der Waals surface area (Å²) in [7, 11) is -3.72. The van der Waals surface area contributed by atoms with Crippen molar-refractivity contribution in [1.82, 2.24) is 9.29 Å². The number of anilines is 1. The first-order chi connectivity index (χ1) is 12.9. The lowest BCUT2D eigenvalue weighted by atomic mass is 10.2. The highest BCUT2D eigenvalue weighted by molar-refractivity contribution is 9.10. The molecular formula is C17H18BrN3O4S2. The molecule has 1 N–H and O–H groups in total. The minimum Gasteiger partial charge on any atom is -0.379 e. The molecule has 2 aromatic rings. The van der Waals surface area contributed by atoms with E-state index in [-0.39, 0.29) is 10.5 Å². The number of thioether (sulfide) groups is 1. The molecule has 1 aromatic heterocycles. The van der Waals surface area contributed by atoms with Crippen molar-refractivity contribution in [3.63, 3.8) is 0 Å². The predicted octanol–water partition coefficient (Wildman–Crippen LogP) is 2.84. The van der Waals surface area contributed by atoms with Gasteiger partial charge in [0.1, 0.15) is 0 Å². The van der Waals surface area contributed by atoms with Crippen LogP contribution in [0.5, 0.6) is 0 Å². The molecule has 10 heteroatoms. The van der Waals surface area contributed by atoms with Crippen molar-refractivity contribution in [1.29, 1.82) is 0 Å². The number of sulfonamides is 1. The van der Waals surface area contributed by atoms with Crippen LogP contribution in [-0.2, 0) is 14.8 Å². The number of hydrogen-bond acceptors (Lipinski definition) is 6. The van der Waals surface area contributed by atoms with E-state index in [2.05, 4.69) is 26.2 Å². The lowest BCUT2D eigenvalue weighted by Crippen LogP contribution is -2.40. The van der Waals surface area contributed by atoms with E-state index in [9.17, 15) is 13.2 Å². The van der Waals surface area contributed by atoms with Gasteiger partial charge in [-0.3, -0.25) is 4.79 Å². The minimum atomic E-state index is -3.72. The van der Waals surface area contributed by atoms with Crippen LogP contribution in [0.15, 0.2) is 50.9 Å². The molecule has 0 unspecified atom stereocenters. The first kappa shape index (κ1) is 20.3. The molecule has 0 bridgehead atoms. The zero-order valence-electron chi connectivity index (χ0n) is 14.5. The summed E-state index contributed by atoms with van der Waals surface area (Å²) >= 11 is 4.79. The van der Waals surface area contributed by atoms with Crippen LogP contribution in [0.25, 0.3) is 0 Å². The van der Waals surface area contributed by atoms with Gasteiger partial charge in [0.2, 0.25) is 10.0 Å². The molecule has 1 aliphatic rings. The van der Waals surface area contributed by atoms with Gasteiger partial charge in [-0.25, -0.2) is 13.4 Å². The molecule has 1 aliphatic heterocycles. The van der Waals surface area contributed by atoms with E-state index in [1.54, 1.807) is 30.5 Å². The third-order valence-electron chi connectivity index (χ3n) is 3.98. The van der Waals surface area contributed by atoms with Gasteiger partial charge in [0.15, 0.2) is 0 Å². The lowest BCUT2D eigenvalue weighted by Gasteiger charge is -2.26. The lowest BCUT2D eigenvalue weighted by molar-refractivity contribution is 0.0730. The molecule has 144 valence electrons. The van der Waals surface area contributed by atoms with E-state index < -0.39 is 15.9 Å². The SMILES string of the molecule is CSc1ccc(NC(=O)c2ccc(Br)c(S(=O)(=O)N3CCOCC3)c2)cn1. The van der Waals surface area contributed by atoms with Crippen molar-refractivity contribution in [2.45, 2.75) is 9.92 Å². The van der Waals surface area contributed by atoms with Gasteiger partial charge < -0.3 is 10.1 Å².